The summed E-state index contributed by atoms with van der Waals surface area (Å²) in [5.74, 6) is -0.156. The Morgan fingerprint density at radius 2 is 1.86 bits per heavy atom. The molecule has 0 bridgehead atoms. The smallest absolute Gasteiger partial charge is 0.227 e. The first-order valence-corrected chi connectivity index (χ1v) is 15.1. The van der Waals surface area contributed by atoms with Crippen LogP contribution in [0.25, 0.3) is 0 Å². The number of nitrogens with zero attached hydrogens (tertiary/aromatic N) is 3. The highest BCUT2D eigenvalue weighted by Crippen LogP contribution is 2.35. The Bertz CT molecular complexity index is 1500. The van der Waals surface area contributed by atoms with Gasteiger partial charge in [-0.1, -0.05) is 67.6 Å². The Morgan fingerprint density at radius 3 is 2.62 bits per heavy atom. The molecule has 0 saturated heterocycles. The van der Waals surface area contributed by atoms with Crippen LogP contribution in [0.15, 0.2) is 79.1 Å². The lowest BCUT2D eigenvalue weighted by molar-refractivity contribution is -0.122. The van der Waals surface area contributed by atoms with E-state index in [1.165, 1.54) is 11.1 Å². The van der Waals surface area contributed by atoms with Gasteiger partial charge in [0.05, 0.1) is 30.0 Å². The number of aryl methyl sites for hydroxylation is 3. The molecule has 5 rings (SSSR count). The Labute approximate surface area is 249 Å². The molecular formula is C36H42N4O2. The Hall–Kier alpha value is -3.87. The van der Waals surface area contributed by atoms with Crippen molar-refractivity contribution in [2.75, 3.05) is 0 Å². The van der Waals surface area contributed by atoms with Crippen molar-refractivity contribution in [1.29, 1.82) is 0 Å². The quantitative estimate of drug-likeness (QED) is 0.219. The number of carbonyl (C=O) groups excluding carboxylic acids is 1. The topological polar surface area (TPSA) is 78.4 Å². The van der Waals surface area contributed by atoms with Crippen molar-refractivity contribution in [1.82, 2.24) is 20.2 Å². The number of aromatic nitrogens is 2. The fourth-order valence-electron chi connectivity index (χ4n) is 6.20. The zero-order valence-electron chi connectivity index (χ0n) is 25.0. The number of hydrogen-bond donors (Lipinski definition) is 2. The number of benzene rings is 2. The second-order valence-electron chi connectivity index (χ2n) is 11.5. The van der Waals surface area contributed by atoms with Crippen LogP contribution in [0.4, 0.5) is 0 Å². The lowest BCUT2D eigenvalue weighted by atomic mass is 9.90. The van der Waals surface area contributed by atoms with Gasteiger partial charge < -0.3 is 10.4 Å². The molecule has 4 aromatic rings. The lowest BCUT2D eigenvalue weighted by Crippen LogP contribution is -2.32. The van der Waals surface area contributed by atoms with E-state index in [-0.39, 0.29) is 24.5 Å². The second-order valence-corrected chi connectivity index (χ2v) is 11.5. The molecule has 0 saturated carbocycles. The van der Waals surface area contributed by atoms with Gasteiger partial charge in [0.15, 0.2) is 0 Å². The maximum Gasteiger partial charge on any atom is 0.227 e. The number of carbonyl (C=O) groups is 1. The van der Waals surface area contributed by atoms with E-state index in [1.54, 1.807) is 0 Å². The third-order valence-electron chi connectivity index (χ3n) is 8.49. The summed E-state index contributed by atoms with van der Waals surface area (Å²) in [4.78, 5) is 25.1. The Balaban J connectivity index is 1.37. The third-order valence-corrected chi connectivity index (χ3v) is 8.49. The predicted molar refractivity (Wildman–Crippen MR) is 167 cm³/mol. The molecule has 0 aliphatic heterocycles. The predicted octanol–water partition coefficient (Wildman–Crippen LogP) is 6.48. The third kappa shape index (κ3) is 6.94. The number of rotatable bonds is 11. The molecule has 1 aliphatic carbocycles. The summed E-state index contributed by atoms with van der Waals surface area (Å²) in [5.41, 5.74) is 9.86. The highest BCUT2D eigenvalue weighted by atomic mass is 16.3. The first-order valence-electron chi connectivity index (χ1n) is 15.1. The van der Waals surface area contributed by atoms with Crippen molar-refractivity contribution in [3.63, 3.8) is 0 Å². The molecule has 0 spiro atoms. The van der Waals surface area contributed by atoms with Crippen molar-refractivity contribution >= 4 is 5.91 Å². The summed E-state index contributed by atoms with van der Waals surface area (Å²) in [6, 6.07) is 22.7. The minimum Gasteiger partial charge on any atom is -0.392 e. The molecule has 1 amide bonds. The number of fused-ring (bicyclic) bond motifs is 1. The number of nitrogens with one attached hydrogen (secondary N) is 1. The van der Waals surface area contributed by atoms with Crippen LogP contribution >= 0.6 is 0 Å². The van der Waals surface area contributed by atoms with Gasteiger partial charge in [-0.15, -0.1) is 0 Å². The average Bonchev–Trinajstić information content (AvgIpc) is 3.02. The molecule has 2 N–H and O–H groups in total. The van der Waals surface area contributed by atoms with Crippen LogP contribution in [0.5, 0.6) is 0 Å². The first-order chi connectivity index (χ1) is 20.5. The van der Waals surface area contributed by atoms with Gasteiger partial charge in [-0.05, 0) is 84.5 Å². The number of hydrogen-bond acceptors (Lipinski definition) is 5. The van der Waals surface area contributed by atoms with E-state index in [1.807, 2.05) is 61.8 Å². The summed E-state index contributed by atoms with van der Waals surface area (Å²) in [5, 5.41) is 13.5. The van der Waals surface area contributed by atoms with Gasteiger partial charge in [0.25, 0.3) is 0 Å². The van der Waals surface area contributed by atoms with Gasteiger partial charge in [0.2, 0.25) is 5.91 Å². The van der Waals surface area contributed by atoms with Crippen molar-refractivity contribution in [3.8, 4) is 0 Å². The maximum absolute atomic E-state index is 13.0. The number of pyridine rings is 2. The molecule has 2 heterocycles. The molecule has 1 aliphatic rings. The van der Waals surface area contributed by atoms with Crippen LogP contribution in [-0.4, -0.2) is 25.9 Å². The van der Waals surface area contributed by atoms with Crippen LogP contribution in [0, 0.1) is 13.8 Å². The molecule has 0 fully saturated rings. The zero-order chi connectivity index (χ0) is 29.5. The summed E-state index contributed by atoms with van der Waals surface area (Å²) in [6.45, 7) is 7.97. The van der Waals surface area contributed by atoms with Crippen LogP contribution in [0.1, 0.15) is 88.5 Å². The Kier molecular flexibility index (Phi) is 9.78. The average molecular weight is 563 g/mol. The van der Waals surface area contributed by atoms with Gasteiger partial charge in [-0.2, -0.15) is 0 Å². The van der Waals surface area contributed by atoms with Crippen LogP contribution in [-0.2, 0) is 37.5 Å². The van der Waals surface area contributed by atoms with Crippen molar-refractivity contribution in [2.24, 2.45) is 0 Å². The molecule has 2 atom stereocenters. The highest BCUT2D eigenvalue weighted by molar-refractivity contribution is 5.83. The van der Waals surface area contributed by atoms with Crippen molar-refractivity contribution in [2.45, 2.75) is 84.7 Å². The largest absolute Gasteiger partial charge is 0.392 e. The number of aliphatic hydroxyl groups excluding tert-OH is 1. The van der Waals surface area contributed by atoms with E-state index in [9.17, 15) is 9.90 Å². The molecule has 218 valence electrons. The molecule has 42 heavy (non-hydrogen) atoms. The summed E-state index contributed by atoms with van der Waals surface area (Å²) < 4.78 is 0. The Morgan fingerprint density at radius 1 is 1.02 bits per heavy atom. The lowest BCUT2D eigenvalue weighted by Gasteiger charge is -2.35. The van der Waals surface area contributed by atoms with E-state index < -0.39 is 0 Å². The molecule has 0 radical (unpaired) electrons. The van der Waals surface area contributed by atoms with E-state index in [0.717, 1.165) is 64.9 Å². The fourth-order valence-corrected chi connectivity index (χ4v) is 6.20. The van der Waals surface area contributed by atoms with E-state index in [4.69, 9.17) is 9.97 Å². The normalized spacial score (nSPS) is 15.3. The van der Waals surface area contributed by atoms with E-state index in [2.05, 4.69) is 48.3 Å². The molecule has 0 unspecified atom stereocenters. The summed E-state index contributed by atoms with van der Waals surface area (Å²) in [6.07, 6.45) is 7.78. The maximum atomic E-state index is 13.0. The summed E-state index contributed by atoms with van der Waals surface area (Å²) >= 11 is 0. The first kappa shape index (κ1) is 29.6. The minimum absolute atomic E-state index is 0.0222. The molecule has 6 heteroatoms. The molecule has 2 aromatic heterocycles. The SMILES string of the molecule is CC[C@@H](C(=O)NCc1ccc(CN(Cc2ncc(C)cc2C)[C@@H]2CCCc3cccnc32)c(CO)c1)c1ccccc1. The fraction of sp³-hybridized carbons (Fsp3) is 0.361. The van der Waals surface area contributed by atoms with Gasteiger partial charge in [-0.25, -0.2) is 0 Å². The monoisotopic (exact) mass is 562 g/mol. The second kappa shape index (κ2) is 13.9. The molecule has 6 nitrogen and oxygen atoms in total. The molecular weight excluding hydrogens is 520 g/mol. The number of aliphatic hydroxyl groups is 1. The van der Waals surface area contributed by atoms with E-state index >= 15 is 0 Å². The zero-order valence-corrected chi connectivity index (χ0v) is 25.0. The highest BCUT2D eigenvalue weighted by Gasteiger charge is 2.28. The summed E-state index contributed by atoms with van der Waals surface area (Å²) in [7, 11) is 0. The van der Waals surface area contributed by atoms with Crippen LogP contribution in [0.3, 0.4) is 0 Å². The van der Waals surface area contributed by atoms with E-state index in [0.29, 0.717) is 19.6 Å². The van der Waals surface area contributed by atoms with Crippen molar-refractivity contribution < 1.29 is 9.90 Å². The van der Waals surface area contributed by atoms with Gasteiger partial charge in [0, 0.05) is 32.0 Å². The standard InChI is InChI=1S/C36H42N4O2/c1-4-32(28-10-6-5-7-11-28)36(42)39-21-27-15-16-30(31(19-27)24-41)22-40(23-33-26(3)18-25(2)20-38-33)34-14-8-12-29-13-9-17-37-35(29)34/h5-7,9-11,13,15-20,32,34,41H,4,8,12,14,21-24H2,1-3H3,(H,39,42)/t32-,34-/m1/s1. The van der Waals surface area contributed by atoms with Crippen molar-refractivity contribution in [3.05, 3.63) is 129 Å². The minimum atomic E-state index is -0.179. The molecule has 2 aromatic carbocycles. The van der Waals surface area contributed by atoms with Gasteiger partial charge >= 0.3 is 0 Å². The van der Waals surface area contributed by atoms with Gasteiger partial charge in [0.1, 0.15) is 0 Å². The van der Waals surface area contributed by atoms with Crippen LogP contribution < -0.4 is 5.32 Å². The van der Waals surface area contributed by atoms with Gasteiger partial charge in [-0.3, -0.25) is 19.7 Å². The van der Waals surface area contributed by atoms with Crippen LogP contribution in [0.2, 0.25) is 0 Å². The number of amides is 1.